The maximum absolute atomic E-state index is 13.5. The predicted octanol–water partition coefficient (Wildman–Crippen LogP) is 3.17. The first-order valence-corrected chi connectivity index (χ1v) is 5.79. The van der Waals surface area contributed by atoms with Crippen LogP contribution in [-0.2, 0) is 7.05 Å². The topological polar surface area (TPSA) is 34.0 Å². The standard InChI is InChI=1S/C14H14F2N2O/c1-8-6-11(9(2)18(8)3)14(19)17-13-5-4-10(15)7-12(13)16/h4-7H,1-3H3,(H,17,19). The van der Waals surface area contributed by atoms with Gasteiger partial charge in [0.1, 0.15) is 11.6 Å². The Bertz CT molecular complexity index is 647. The van der Waals surface area contributed by atoms with Gasteiger partial charge in [-0.05, 0) is 32.0 Å². The van der Waals surface area contributed by atoms with Gasteiger partial charge >= 0.3 is 0 Å². The van der Waals surface area contributed by atoms with E-state index < -0.39 is 17.5 Å². The highest BCUT2D eigenvalue weighted by Crippen LogP contribution is 2.18. The number of benzene rings is 1. The largest absolute Gasteiger partial charge is 0.351 e. The molecule has 1 aromatic heterocycles. The monoisotopic (exact) mass is 264 g/mol. The molecule has 2 rings (SSSR count). The molecular weight excluding hydrogens is 250 g/mol. The third-order valence-corrected chi connectivity index (χ3v) is 3.20. The molecule has 1 heterocycles. The molecule has 0 saturated heterocycles. The zero-order valence-corrected chi connectivity index (χ0v) is 10.9. The molecule has 3 nitrogen and oxygen atoms in total. The first kappa shape index (κ1) is 13.3. The lowest BCUT2D eigenvalue weighted by atomic mass is 10.2. The lowest BCUT2D eigenvalue weighted by Crippen LogP contribution is -2.14. The number of halogens is 2. The van der Waals surface area contributed by atoms with Crippen LogP contribution >= 0.6 is 0 Å². The average molecular weight is 264 g/mol. The number of aromatic nitrogens is 1. The third kappa shape index (κ3) is 2.50. The van der Waals surface area contributed by atoms with Crippen LogP contribution in [0, 0.1) is 25.5 Å². The Balaban J connectivity index is 2.28. The summed E-state index contributed by atoms with van der Waals surface area (Å²) in [7, 11) is 1.85. The van der Waals surface area contributed by atoms with Crippen molar-refractivity contribution in [3.05, 3.63) is 52.9 Å². The summed E-state index contributed by atoms with van der Waals surface area (Å²) in [6.07, 6.45) is 0. The fourth-order valence-electron chi connectivity index (χ4n) is 1.87. The molecule has 0 fully saturated rings. The zero-order chi connectivity index (χ0) is 14.2. The molecule has 0 radical (unpaired) electrons. The van der Waals surface area contributed by atoms with Crippen molar-refractivity contribution < 1.29 is 13.6 Å². The molecule has 0 atom stereocenters. The van der Waals surface area contributed by atoms with Crippen molar-refractivity contribution in [3.63, 3.8) is 0 Å². The van der Waals surface area contributed by atoms with Crippen molar-refractivity contribution in [2.75, 3.05) is 5.32 Å². The molecule has 0 unspecified atom stereocenters. The molecule has 5 heteroatoms. The molecule has 1 N–H and O–H groups in total. The van der Waals surface area contributed by atoms with Gasteiger partial charge in [-0.2, -0.15) is 0 Å². The van der Waals surface area contributed by atoms with E-state index in [4.69, 9.17) is 0 Å². The second-order valence-electron chi connectivity index (χ2n) is 4.42. The molecule has 19 heavy (non-hydrogen) atoms. The highest BCUT2D eigenvalue weighted by atomic mass is 19.1. The number of hydrogen-bond donors (Lipinski definition) is 1. The predicted molar refractivity (Wildman–Crippen MR) is 69.2 cm³/mol. The van der Waals surface area contributed by atoms with Crippen LogP contribution in [0.3, 0.4) is 0 Å². The Morgan fingerprint density at radius 2 is 1.89 bits per heavy atom. The van der Waals surface area contributed by atoms with Crippen molar-refractivity contribution in [1.82, 2.24) is 4.57 Å². The van der Waals surface area contributed by atoms with Gasteiger partial charge in [0, 0.05) is 24.5 Å². The molecule has 0 saturated carbocycles. The van der Waals surface area contributed by atoms with Crippen molar-refractivity contribution in [1.29, 1.82) is 0 Å². The Hall–Kier alpha value is -2.17. The van der Waals surface area contributed by atoms with E-state index in [0.29, 0.717) is 5.56 Å². The van der Waals surface area contributed by atoms with E-state index in [-0.39, 0.29) is 5.69 Å². The van der Waals surface area contributed by atoms with E-state index in [1.165, 1.54) is 6.07 Å². The summed E-state index contributed by atoms with van der Waals surface area (Å²) in [5.41, 5.74) is 2.16. The van der Waals surface area contributed by atoms with E-state index in [2.05, 4.69) is 5.32 Å². The summed E-state index contributed by atoms with van der Waals surface area (Å²) < 4.78 is 28.1. The highest BCUT2D eigenvalue weighted by molar-refractivity contribution is 6.05. The van der Waals surface area contributed by atoms with Gasteiger partial charge < -0.3 is 9.88 Å². The van der Waals surface area contributed by atoms with Crippen LogP contribution < -0.4 is 5.32 Å². The zero-order valence-electron chi connectivity index (χ0n) is 10.9. The minimum absolute atomic E-state index is 0.0349. The number of rotatable bonds is 2. The highest BCUT2D eigenvalue weighted by Gasteiger charge is 2.15. The Morgan fingerprint density at radius 3 is 2.42 bits per heavy atom. The van der Waals surface area contributed by atoms with Gasteiger partial charge in [-0.25, -0.2) is 8.78 Å². The van der Waals surface area contributed by atoms with Gasteiger partial charge in [0.25, 0.3) is 5.91 Å². The summed E-state index contributed by atoms with van der Waals surface area (Å²) in [6, 6.07) is 4.76. The molecule has 0 aliphatic heterocycles. The van der Waals surface area contributed by atoms with Crippen LogP contribution in [0.25, 0.3) is 0 Å². The number of carbonyl (C=O) groups is 1. The van der Waals surface area contributed by atoms with Crippen molar-refractivity contribution in [2.24, 2.45) is 7.05 Å². The van der Waals surface area contributed by atoms with Crippen LogP contribution in [0.15, 0.2) is 24.3 Å². The van der Waals surface area contributed by atoms with Crippen LogP contribution in [-0.4, -0.2) is 10.5 Å². The number of hydrogen-bond acceptors (Lipinski definition) is 1. The average Bonchev–Trinajstić information content (AvgIpc) is 2.60. The van der Waals surface area contributed by atoms with E-state index in [9.17, 15) is 13.6 Å². The van der Waals surface area contributed by atoms with Gasteiger partial charge in [0.2, 0.25) is 0 Å². The normalized spacial score (nSPS) is 10.6. The van der Waals surface area contributed by atoms with Crippen LogP contribution in [0.5, 0.6) is 0 Å². The van der Waals surface area contributed by atoms with E-state index in [1.807, 2.05) is 25.5 Å². The summed E-state index contributed by atoms with van der Waals surface area (Å²) in [5, 5.41) is 2.44. The van der Waals surface area contributed by atoms with Gasteiger partial charge in [-0.15, -0.1) is 0 Å². The van der Waals surface area contributed by atoms with Gasteiger partial charge in [-0.3, -0.25) is 4.79 Å². The lowest BCUT2D eigenvalue weighted by molar-refractivity contribution is 0.102. The molecule has 1 aromatic carbocycles. The number of amides is 1. The number of nitrogens with zero attached hydrogens (tertiary/aromatic N) is 1. The molecule has 100 valence electrons. The Kier molecular flexibility index (Phi) is 3.38. The van der Waals surface area contributed by atoms with Gasteiger partial charge in [0.15, 0.2) is 0 Å². The molecule has 0 aliphatic rings. The van der Waals surface area contributed by atoms with Crippen molar-refractivity contribution in [2.45, 2.75) is 13.8 Å². The van der Waals surface area contributed by atoms with E-state index in [1.54, 1.807) is 6.07 Å². The van der Waals surface area contributed by atoms with Gasteiger partial charge in [-0.1, -0.05) is 0 Å². The summed E-state index contributed by atoms with van der Waals surface area (Å²) in [4.78, 5) is 12.1. The van der Waals surface area contributed by atoms with Crippen LogP contribution in [0.4, 0.5) is 14.5 Å². The minimum Gasteiger partial charge on any atom is -0.351 e. The summed E-state index contributed by atoms with van der Waals surface area (Å²) in [5.74, 6) is -1.88. The number of carbonyl (C=O) groups excluding carboxylic acids is 1. The van der Waals surface area contributed by atoms with Crippen LogP contribution in [0.2, 0.25) is 0 Å². The number of anilines is 1. The smallest absolute Gasteiger partial charge is 0.257 e. The van der Waals surface area contributed by atoms with Crippen molar-refractivity contribution in [3.8, 4) is 0 Å². The molecule has 0 bridgehead atoms. The third-order valence-electron chi connectivity index (χ3n) is 3.20. The fourth-order valence-corrected chi connectivity index (χ4v) is 1.87. The Labute approximate surface area is 109 Å². The summed E-state index contributed by atoms with van der Waals surface area (Å²) >= 11 is 0. The van der Waals surface area contributed by atoms with Crippen LogP contribution in [0.1, 0.15) is 21.7 Å². The maximum atomic E-state index is 13.5. The Morgan fingerprint density at radius 1 is 1.21 bits per heavy atom. The maximum Gasteiger partial charge on any atom is 0.257 e. The van der Waals surface area contributed by atoms with Crippen molar-refractivity contribution >= 4 is 11.6 Å². The molecule has 1 amide bonds. The minimum atomic E-state index is -0.793. The fraction of sp³-hybridized carbons (Fsp3) is 0.214. The molecule has 0 aliphatic carbocycles. The first-order valence-electron chi connectivity index (χ1n) is 5.79. The molecule has 0 spiro atoms. The second-order valence-corrected chi connectivity index (χ2v) is 4.42. The van der Waals surface area contributed by atoms with E-state index in [0.717, 1.165) is 23.5 Å². The molecule has 2 aromatic rings. The molecular formula is C14H14F2N2O. The lowest BCUT2D eigenvalue weighted by Gasteiger charge is -2.06. The number of aryl methyl sites for hydroxylation is 1. The summed E-state index contributed by atoms with van der Waals surface area (Å²) in [6.45, 7) is 3.69. The van der Waals surface area contributed by atoms with Gasteiger partial charge in [0.05, 0.1) is 11.3 Å². The number of nitrogens with one attached hydrogen (secondary N) is 1. The SMILES string of the molecule is Cc1cc(C(=O)Nc2ccc(F)cc2F)c(C)n1C. The van der Waals surface area contributed by atoms with E-state index >= 15 is 0 Å². The quantitative estimate of drug-likeness (QED) is 0.888. The second kappa shape index (κ2) is 4.84. The first-order chi connectivity index (χ1) is 8.90.